The minimum atomic E-state index is -0.00940. The first-order valence-corrected chi connectivity index (χ1v) is 10.7. The van der Waals surface area contributed by atoms with Gasteiger partial charge < -0.3 is 0 Å². The Hall–Kier alpha value is -0.920. The summed E-state index contributed by atoms with van der Waals surface area (Å²) in [4.78, 5) is 25.7. The van der Waals surface area contributed by atoms with E-state index in [1.165, 1.54) is 0 Å². The zero-order valence-corrected chi connectivity index (χ0v) is 18.1. The summed E-state index contributed by atoms with van der Waals surface area (Å²) >= 11 is 0. The van der Waals surface area contributed by atoms with Gasteiger partial charge in [0.25, 0.3) is 0 Å². The Bertz CT molecular complexity index is 555. The summed E-state index contributed by atoms with van der Waals surface area (Å²) < 4.78 is 0. The molecule has 2 aliphatic rings. The van der Waals surface area contributed by atoms with Gasteiger partial charge in [0, 0.05) is 24.7 Å². The fourth-order valence-corrected chi connectivity index (χ4v) is 5.87. The molecule has 0 heterocycles. The van der Waals surface area contributed by atoms with Gasteiger partial charge in [-0.1, -0.05) is 60.6 Å². The zero-order chi connectivity index (χ0) is 19.7. The average molecular weight is 361 g/mol. The maximum atomic E-state index is 13.1. The second kappa shape index (κ2) is 7.98. The van der Waals surface area contributed by atoms with Crippen molar-refractivity contribution in [1.29, 1.82) is 0 Å². The fourth-order valence-electron chi connectivity index (χ4n) is 5.87. The summed E-state index contributed by atoms with van der Waals surface area (Å²) in [5, 5.41) is 0. The lowest BCUT2D eigenvalue weighted by Gasteiger charge is -2.41. The number of carbonyl (C=O) groups excluding carboxylic acids is 2. The minimum Gasteiger partial charge on any atom is -0.299 e. The SMILES string of the molecule is CC1CCC(C(C)(C)CC(C)CC(=O)C2C(C)C=CCC2(C)C)C(=O)C1. The number of allylic oxidation sites excluding steroid dienone is 2. The molecule has 2 aliphatic carbocycles. The molecule has 1 fully saturated rings. The third kappa shape index (κ3) is 4.87. The Morgan fingerprint density at radius 1 is 1.27 bits per heavy atom. The number of rotatable bonds is 6. The van der Waals surface area contributed by atoms with Gasteiger partial charge in [-0.3, -0.25) is 9.59 Å². The first kappa shape index (κ1) is 21.4. The average Bonchev–Trinajstić information content (AvgIpc) is 2.44. The van der Waals surface area contributed by atoms with Crippen molar-refractivity contribution in [2.75, 3.05) is 0 Å². The van der Waals surface area contributed by atoms with Crippen molar-refractivity contribution in [3.05, 3.63) is 12.2 Å². The highest BCUT2D eigenvalue weighted by molar-refractivity contribution is 5.83. The summed E-state index contributed by atoms with van der Waals surface area (Å²) in [6.45, 7) is 15.5. The lowest BCUT2D eigenvalue weighted by atomic mass is 9.62. The molecular weight excluding hydrogens is 320 g/mol. The Morgan fingerprint density at radius 2 is 1.92 bits per heavy atom. The van der Waals surface area contributed by atoms with E-state index in [2.05, 4.69) is 60.6 Å². The highest BCUT2D eigenvalue weighted by Crippen LogP contribution is 2.45. The summed E-state index contributed by atoms with van der Waals surface area (Å²) in [6.07, 6.45) is 9.96. The Labute approximate surface area is 161 Å². The van der Waals surface area contributed by atoms with Gasteiger partial charge in [0.1, 0.15) is 11.6 Å². The molecule has 0 bridgehead atoms. The van der Waals surface area contributed by atoms with Crippen molar-refractivity contribution >= 4 is 11.6 Å². The molecule has 148 valence electrons. The van der Waals surface area contributed by atoms with Crippen LogP contribution in [-0.2, 0) is 9.59 Å². The number of Topliss-reactive ketones (excluding diaryl/α,β-unsaturated/α-hetero) is 2. The largest absolute Gasteiger partial charge is 0.299 e. The molecule has 0 saturated heterocycles. The molecule has 0 amide bonds. The molecule has 0 aromatic heterocycles. The van der Waals surface area contributed by atoms with Gasteiger partial charge in [-0.05, 0) is 54.3 Å². The highest BCUT2D eigenvalue weighted by Gasteiger charge is 2.41. The molecule has 1 saturated carbocycles. The van der Waals surface area contributed by atoms with E-state index in [1.807, 2.05) is 0 Å². The molecule has 0 N–H and O–H groups in total. The van der Waals surface area contributed by atoms with Crippen LogP contribution in [0.25, 0.3) is 0 Å². The number of ketones is 2. The van der Waals surface area contributed by atoms with E-state index in [1.54, 1.807) is 0 Å². The van der Waals surface area contributed by atoms with Crippen LogP contribution in [0.3, 0.4) is 0 Å². The van der Waals surface area contributed by atoms with E-state index >= 15 is 0 Å². The number of carbonyl (C=O) groups is 2. The zero-order valence-electron chi connectivity index (χ0n) is 18.1. The van der Waals surface area contributed by atoms with Gasteiger partial charge in [-0.15, -0.1) is 0 Å². The molecule has 0 aliphatic heterocycles. The summed E-state index contributed by atoms with van der Waals surface area (Å²) in [7, 11) is 0. The van der Waals surface area contributed by atoms with Crippen molar-refractivity contribution in [3.63, 3.8) is 0 Å². The van der Waals surface area contributed by atoms with Crippen LogP contribution in [0.5, 0.6) is 0 Å². The smallest absolute Gasteiger partial charge is 0.137 e. The molecule has 0 spiro atoms. The summed E-state index contributed by atoms with van der Waals surface area (Å²) in [6, 6.07) is 0. The second-order valence-electron chi connectivity index (χ2n) is 10.8. The van der Waals surface area contributed by atoms with E-state index in [9.17, 15) is 9.59 Å². The molecule has 5 atom stereocenters. The molecular formula is C24H40O2. The third-order valence-corrected chi connectivity index (χ3v) is 7.05. The molecule has 2 nitrogen and oxygen atoms in total. The van der Waals surface area contributed by atoms with Gasteiger partial charge >= 0.3 is 0 Å². The monoisotopic (exact) mass is 360 g/mol. The van der Waals surface area contributed by atoms with Crippen LogP contribution in [-0.4, -0.2) is 11.6 Å². The highest BCUT2D eigenvalue weighted by atomic mass is 16.1. The molecule has 26 heavy (non-hydrogen) atoms. The maximum absolute atomic E-state index is 13.1. The first-order chi connectivity index (χ1) is 11.9. The Kier molecular flexibility index (Phi) is 6.57. The van der Waals surface area contributed by atoms with Gasteiger partial charge in [-0.25, -0.2) is 0 Å². The maximum Gasteiger partial charge on any atom is 0.137 e. The minimum absolute atomic E-state index is 0.00940. The summed E-state index contributed by atoms with van der Waals surface area (Å²) in [5.74, 6) is 2.35. The van der Waals surface area contributed by atoms with Gasteiger partial charge in [-0.2, -0.15) is 0 Å². The predicted molar refractivity (Wildman–Crippen MR) is 109 cm³/mol. The molecule has 0 aromatic carbocycles. The number of hydrogen-bond donors (Lipinski definition) is 0. The van der Waals surface area contributed by atoms with Gasteiger partial charge in [0.15, 0.2) is 0 Å². The first-order valence-electron chi connectivity index (χ1n) is 10.7. The van der Waals surface area contributed by atoms with Crippen LogP contribution >= 0.6 is 0 Å². The standard InChI is InChI=1S/C24H40O2/c1-16-10-11-19(20(25)13-16)24(6,7)15-17(2)14-21(26)22-18(3)9-8-12-23(22,4)5/h8-9,16-19,22H,10-15H2,1-7H3. The van der Waals surface area contributed by atoms with Crippen LogP contribution in [0.1, 0.15) is 87.0 Å². The Morgan fingerprint density at radius 3 is 2.50 bits per heavy atom. The fraction of sp³-hybridized carbons (Fsp3) is 0.833. The second-order valence-corrected chi connectivity index (χ2v) is 10.8. The molecule has 0 aromatic rings. The van der Waals surface area contributed by atoms with Crippen molar-refractivity contribution in [3.8, 4) is 0 Å². The lowest BCUT2D eigenvalue weighted by molar-refractivity contribution is -0.130. The van der Waals surface area contributed by atoms with Gasteiger partial charge in [0.2, 0.25) is 0 Å². The van der Waals surface area contributed by atoms with Crippen molar-refractivity contribution in [1.82, 2.24) is 0 Å². The van der Waals surface area contributed by atoms with Crippen molar-refractivity contribution in [2.24, 2.45) is 40.4 Å². The van der Waals surface area contributed by atoms with Crippen molar-refractivity contribution < 1.29 is 9.59 Å². The molecule has 2 heteroatoms. The van der Waals surface area contributed by atoms with Crippen LogP contribution in [0.15, 0.2) is 12.2 Å². The normalized spacial score (nSPS) is 33.1. The quantitative estimate of drug-likeness (QED) is 0.525. The predicted octanol–water partition coefficient (Wildman–Crippen LogP) is 6.24. The molecule has 2 rings (SSSR count). The van der Waals surface area contributed by atoms with Crippen LogP contribution < -0.4 is 0 Å². The summed E-state index contributed by atoms with van der Waals surface area (Å²) in [5.41, 5.74) is 0.0421. The van der Waals surface area contributed by atoms with E-state index < -0.39 is 0 Å². The van der Waals surface area contributed by atoms with Gasteiger partial charge in [0.05, 0.1) is 0 Å². The molecule has 5 unspecified atom stereocenters. The van der Waals surface area contributed by atoms with E-state index in [-0.39, 0.29) is 22.7 Å². The third-order valence-electron chi connectivity index (χ3n) is 7.05. The van der Waals surface area contributed by atoms with Crippen molar-refractivity contribution in [2.45, 2.75) is 87.0 Å². The lowest BCUT2D eigenvalue weighted by Crippen LogP contribution is -2.39. The van der Waals surface area contributed by atoms with E-state index in [0.717, 1.165) is 32.1 Å². The molecule has 0 radical (unpaired) electrons. The Balaban J connectivity index is 1.98. The van der Waals surface area contributed by atoms with Crippen LogP contribution in [0.2, 0.25) is 0 Å². The van der Waals surface area contributed by atoms with E-state index in [0.29, 0.717) is 35.7 Å². The van der Waals surface area contributed by atoms with E-state index in [4.69, 9.17) is 0 Å². The van der Waals surface area contributed by atoms with Crippen LogP contribution in [0, 0.1) is 40.4 Å². The number of hydrogen-bond acceptors (Lipinski definition) is 2. The van der Waals surface area contributed by atoms with Crippen LogP contribution in [0.4, 0.5) is 0 Å². The topological polar surface area (TPSA) is 34.1 Å².